The average Bonchev–Trinajstić information content (AvgIpc) is 3.14. The summed E-state index contributed by atoms with van der Waals surface area (Å²) in [4.78, 5) is 12.6. The van der Waals surface area contributed by atoms with Crippen molar-refractivity contribution in [1.82, 2.24) is 0 Å². The highest BCUT2D eigenvalue weighted by Crippen LogP contribution is 2.33. The fraction of sp³-hybridized carbons (Fsp3) is 0.381. The first-order valence-corrected chi connectivity index (χ1v) is 11.0. The number of fused-ring (bicyclic) bond motifs is 1. The molecule has 1 N–H and O–H groups in total. The van der Waals surface area contributed by atoms with E-state index < -0.39 is 10.0 Å². The fourth-order valence-electron chi connectivity index (χ4n) is 4.00. The Morgan fingerprint density at radius 2 is 1.67 bits per heavy atom. The summed E-state index contributed by atoms with van der Waals surface area (Å²) in [5, 5.41) is 2.93. The van der Waals surface area contributed by atoms with Crippen molar-refractivity contribution in [3.8, 4) is 0 Å². The summed E-state index contributed by atoms with van der Waals surface area (Å²) in [5.41, 5.74) is 2.45. The average molecular weight is 385 g/mol. The molecule has 4 rings (SSSR count). The first-order valence-electron chi connectivity index (χ1n) is 9.57. The Morgan fingerprint density at radius 3 is 2.41 bits per heavy atom. The van der Waals surface area contributed by atoms with E-state index in [9.17, 15) is 13.2 Å². The Morgan fingerprint density at radius 1 is 0.963 bits per heavy atom. The van der Waals surface area contributed by atoms with Gasteiger partial charge in [-0.1, -0.05) is 37.5 Å². The molecule has 1 aliphatic carbocycles. The number of carbonyl (C=O) groups excluding carboxylic acids is 1. The monoisotopic (exact) mass is 384 g/mol. The van der Waals surface area contributed by atoms with E-state index in [1.54, 1.807) is 24.3 Å². The van der Waals surface area contributed by atoms with Crippen LogP contribution in [0.4, 0.5) is 11.4 Å². The van der Waals surface area contributed by atoms with Crippen LogP contribution in [0.3, 0.4) is 0 Å². The molecule has 1 heterocycles. The normalized spacial score (nSPS) is 17.6. The van der Waals surface area contributed by atoms with Crippen LogP contribution in [0.15, 0.2) is 53.4 Å². The van der Waals surface area contributed by atoms with Gasteiger partial charge in [0.05, 0.1) is 10.6 Å². The second-order valence-electron chi connectivity index (χ2n) is 7.30. The van der Waals surface area contributed by atoms with Crippen molar-refractivity contribution in [2.75, 3.05) is 16.2 Å². The largest absolute Gasteiger partial charge is 0.326 e. The molecule has 5 nitrogen and oxygen atoms in total. The number of hydrogen-bond donors (Lipinski definition) is 1. The van der Waals surface area contributed by atoms with Gasteiger partial charge in [0.2, 0.25) is 5.91 Å². The van der Waals surface area contributed by atoms with Crippen LogP contribution in [0.25, 0.3) is 0 Å². The number of rotatable bonds is 4. The van der Waals surface area contributed by atoms with E-state index in [1.807, 2.05) is 24.3 Å². The lowest BCUT2D eigenvalue weighted by Gasteiger charge is -2.21. The van der Waals surface area contributed by atoms with Crippen LogP contribution in [-0.2, 0) is 21.2 Å². The van der Waals surface area contributed by atoms with Gasteiger partial charge in [-0.25, -0.2) is 8.42 Å². The van der Waals surface area contributed by atoms with Crippen LogP contribution in [0.5, 0.6) is 0 Å². The molecule has 6 heteroatoms. The number of benzene rings is 2. The molecule has 0 unspecified atom stereocenters. The Bertz CT molecular complexity index is 932. The number of hydrogen-bond acceptors (Lipinski definition) is 3. The van der Waals surface area contributed by atoms with Crippen LogP contribution in [-0.4, -0.2) is 20.9 Å². The van der Waals surface area contributed by atoms with E-state index in [2.05, 4.69) is 5.32 Å². The summed E-state index contributed by atoms with van der Waals surface area (Å²) in [6.45, 7) is 0.460. The van der Waals surface area contributed by atoms with Gasteiger partial charge in [-0.3, -0.25) is 9.10 Å². The van der Waals surface area contributed by atoms with Gasteiger partial charge in [-0.05, 0) is 55.2 Å². The molecular formula is C21H24N2O3S. The van der Waals surface area contributed by atoms with Crippen LogP contribution >= 0.6 is 0 Å². The van der Waals surface area contributed by atoms with Crippen LogP contribution < -0.4 is 9.62 Å². The molecular weight excluding hydrogens is 360 g/mol. The Balaban J connectivity index is 1.49. The number of amides is 1. The van der Waals surface area contributed by atoms with Gasteiger partial charge >= 0.3 is 0 Å². The number of anilines is 2. The molecule has 0 radical (unpaired) electrons. The molecule has 142 valence electrons. The zero-order valence-corrected chi connectivity index (χ0v) is 16.0. The van der Waals surface area contributed by atoms with Gasteiger partial charge in [0.1, 0.15) is 0 Å². The zero-order valence-electron chi connectivity index (χ0n) is 15.2. The third-order valence-electron chi connectivity index (χ3n) is 5.53. The number of para-hydroxylation sites is 1. The Kier molecular flexibility index (Phi) is 4.91. The molecule has 2 aromatic carbocycles. The molecule has 1 fully saturated rings. The predicted molar refractivity (Wildman–Crippen MR) is 106 cm³/mol. The number of sulfonamides is 1. The van der Waals surface area contributed by atoms with Crippen molar-refractivity contribution in [2.45, 2.75) is 43.4 Å². The van der Waals surface area contributed by atoms with E-state index in [4.69, 9.17) is 0 Å². The van der Waals surface area contributed by atoms with E-state index >= 15 is 0 Å². The standard InChI is InChI=1S/C21H24N2O3S/c24-21(17-7-2-1-3-8-17)22-18-10-12-19(13-11-18)27(25,26)23-15-14-16-6-4-5-9-20(16)23/h4-6,9-13,17H,1-3,7-8,14-15H2,(H,22,24). The summed E-state index contributed by atoms with van der Waals surface area (Å²) >= 11 is 0. The predicted octanol–water partition coefficient (Wildman–Crippen LogP) is 3.96. The van der Waals surface area contributed by atoms with Crippen molar-refractivity contribution >= 4 is 27.3 Å². The van der Waals surface area contributed by atoms with E-state index in [-0.39, 0.29) is 16.7 Å². The minimum absolute atomic E-state index is 0.0405. The molecule has 0 aromatic heterocycles. The highest BCUT2D eigenvalue weighted by Gasteiger charge is 2.30. The Labute approximate surface area is 160 Å². The lowest BCUT2D eigenvalue weighted by molar-refractivity contribution is -0.120. The van der Waals surface area contributed by atoms with Gasteiger partial charge in [0, 0.05) is 18.2 Å². The summed E-state index contributed by atoms with van der Waals surface area (Å²) < 4.78 is 27.5. The maximum Gasteiger partial charge on any atom is 0.264 e. The Hall–Kier alpha value is -2.34. The van der Waals surface area contributed by atoms with Gasteiger partial charge in [-0.2, -0.15) is 0 Å². The van der Waals surface area contributed by atoms with Crippen molar-refractivity contribution in [2.24, 2.45) is 5.92 Å². The zero-order chi connectivity index (χ0) is 18.9. The molecule has 1 amide bonds. The summed E-state index contributed by atoms with van der Waals surface area (Å²) in [6, 6.07) is 14.1. The van der Waals surface area contributed by atoms with Crippen LogP contribution in [0, 0.1) is 5.92 Å². The van der Waals surface area contributed by atoms with Crippen molar-refractivity contribution < 1.29 is 13.2 Å². The second kappa shape index (κ2) is 7.35. The number of nitrogens with one attached hydrogen (secondary N) is 1. The number of nitrogens with zero attached hydrogens (tertiary/aromatic N) is 1. The molecule has 0 spiro atoms. The van der Waals surface area contributed by atoms with Crippen molar-refractivity contribution in [3.63, 3.8) is 0 Å². The first-order chi connectivity index (χ1) is 13.1. The summed E-state index contributed by atoms with van der Waals surface area (Å²) in [6.07, 6.45) is 6.01. The quantitative estimate of drug-likeness (QED) is 0.868. The maximum absolute atomic E-state index is 13.0. The lowest BCUT2D eigenvalue weighted by atomic mass is 9.88. The SMILES string of the molecule is O=C(Nc1ccc(S(=O)(=O)N2CCc3ccccc32)cc1)C1CCCCC1. The highest BCUT2D eigenvalue weighted by molar-refractivity contribution is 7.92. The summed E-state index contributed by atoms with van der Waals surface area (Å²) in [7, 11) is -3.60. The third kappa shape index (κ3) is 3.58. The van der Waals surface area contributed by atoms with Crippen molar-refractivity contribution in [1.29, 1.82) is 0 Å². The molecule has 0 atom stereocenters. The van der Waals surface area contributed by atoms with Crippen molar-refractivity contribution in [3.05, 3.63) is 54.1 Å². The molecule has 0 bridgehead atoms. The lowest BCUT2D eigenvalue weighted by Crippen LogP contribution is -2.29. The van der Waals surface area contributed by atoms with E-state index in [1.165, 1.54) is 10.7 Å². The first kappa shape index (κ1) is 18.0. The fourth-order valence-corrected chi connectivity index (χ4v) is 5.51. The number of carbonyl (C=O) groups is 1. The van der Waals surface area contributed by atoms with Gasteiger partial charge in [0.15, 0.2) is 0 Å². The van der Waals surface area contributed by atoms with E-state index in [0.29, 0.717) is 12.2 Å². The smallest absolute Gasteiger partial charge is 0.264 e. The molecule has 27 heavy (non-hydrogen) atoms. The maximum atomic E-state index is 13.0. The molecule has 2 aromatic rings. The highest BCUT2D eigenvalue weighted by atomic mass is 32.2. The van der Waals surface area contributed by atoms with Gasteiger partial charge in [0.25, 0.3) is 10.0 Å². The third-order valence-corrected chi connectivity index (χ3v) is 7.36. The van der Waals surface area contributed by atoms with Gasteiger partial charge in [-0.15, -0.1) is 0 Å². The second-order valence-corrected chi connectivity index (χ2v) is 9.17. The minimum Gasteiger partial charge on any atom is -0.326 e. The molecule has 1 aliphatic heterocycles. The van der Waals surface area contributed by atoms with Crippen LogP contribution in [0.1, 0.15) is 37.7 Å². The minimum atomic E-state index is -3.60. The van der Waals surface area contributed by atoms with Gasteiger partial charge < -0.3 is 5.32 Å². The molecule has 1 saturated carbocycles. The van der Waals surface area contributed by atoms with Crippen LogP contribution in [0.2, 0.25) is 0 Å². The summed E-state index contributed by atoms with van der Waals surface area (Å²) in [5.74, 6) is 0.113. The van der Waals surface area contributed by atoms with E-state index in [0.717, 1.165) is 43.4 Å². The molecule has 0 saturated heterocycles. The topological polar surface area (TPSA) is 66.5 Å². The molecule has 2 aliphatic rings.